The van der Waals surface area contributed by atoms with Crippen LogP contribution < -0.4 is 10.1 Å². The van der Waals surface area contributed by atoms with Crippen LogP contribution in [0, 0.1) is 0 Å². The lowest BCUT2D eigenvalue weighted by Gasteiger charge is -2.12. The molecule has 11 heteroatoms. The highest BCUT2D eigenvalue weighted by molar-refractivity contribution is 7.92. The Morgan fingerprint density at radius 2 is 1.71 bits per heavy atom. The number of hydrazone groups is 1. The van der Waals surface area contributed by atoms with Gasteiger partial charge in [0.05, 0.1) is 16.7 Å². The number of aromatic nitrogens is 1. The summed E-state index contributed by atoms with van der Waals surface area (Å²) in [7, 11) is -4.24. The Labute approximate surface area is 175 Å². The van der Waals surface area contributed by atoms with Gasteiger partial charge in [0.15, 0.2) is 0 Å². The third-order valence-corrected chi connectivity index (χ3v) is 5.31. The highest BCUT2D eigenvalue weighted by atomic mass is 32.2. The molecule has 31 heavy (non-hydrogen) atoms. The van der Waals surface area contributed by atoms with Gasteiger partial charge >= 0.3 is 6.18 Å². The molecule has 7 nitrogen and oxygen atoms in total. The molecule has 0 spiro atoms. The quantitative estimate of drug-likeness (QED) is 0.444. The van der Waals surface area contributed by atoms with Crippen molar-refractivity contribution < 1.29 is 26.4 Å². The van der Waals surface area contributed by atoms with Crippen LogP contribution in [0.4, 0.5) is 18.9 Å². The molecule has 1 heterocycles. The number of pyridine rings is 1. The lowest BCUT2D eigenvalue weighted by atomic mass is 10.2. The first-order valence-electron chi connectivity index (χ1n) is 8.69. The summed E-state index contributed by atoms with van der Waals surface area (Å²) in [5.41, 5.74) is 1.71. The van der Waals surface area contributed by atoms with Crippen LogP contribution in [0.15, 0.2) is 83.1 Å². The predicted molar refractivity (Wildman–Crippen MR) is 108 cm³/mol. The van der Waals surface area contributed by atoms with Crippen LogP contribution in [-0.2, 0) is 16.2 Å². The Hall–Kier alpha value is -3.73. The second-order valence-corrected chi connectivity index (χ2v) is 7.87. The average molecular weight is 448 g/mol. The molecule has 0 radical (unpaired) electrons. The number of alkyl halides is 3. The van der Waals surface area contributed by atoms with Gasteiger partial charge in [-0.2, -0.15) is 18.3 Å². The molecule has 1 aromatic heterocycles. The number of rotatable bonds is 6. The largest absolute Gasteiger partial charge is 0.416 e. The Bertz CT molecular complexity index is 1210. The molecule has 2 N–H and O–H groups in total. The fourth-order valence-corrected chi connectivity index (χ4v) is 3.55. The fourth-order valence-electron chi connectivity index (χ4n) is 2.46. The summed E-state index contributed by atoms with van der Waals surface area (Å²) in [6.07, 6.45) is -0.130. The highest BCUT2D eigenvalue weighted by Gasteiger charge is 2.30. The Morgan fingerprint density at radius 1 is 1.00 bits per heavy atom. The number of carbonyl (C=O) groups is 1. The van der Waals surface area contributed by atoms with Crippen molar-refractivity contribution in [2.24, 2.45) is 5.10 Å². The van der Waals surface area contributed by atoms with E-state index in [-0.39, 0.29) is 16.1 Å². The average Bonchev–Trinajstić information content (AvgIpc) is 2.74. The normalized spacial score (nSPS) is 12.0. The Morgan fingerprint density at radius 3 is 2.42 bits per heavy atom. The van der Waals surface area contributed by atoms with Crippen molar-refractivity contribution >= 4 is 27.8 Å². The molecule has 0 saturated carbocycles. The second kappa shape index (κ2) is 8.96. The lowest BCUT2D eigenvalue weighted by molar-refractivity contribution is -0.137. The molecule has 0 atom stereocenters. The smallest absolute Gasteiger partial charge is 0.280 e. The minimum atomic E-state index is -4.61. The highest BCUT2D eigenvalue weighted by Crippen LogP contribution is 2.31. The van der Waals surface area contributed by atoms with E-state index in [4.69, 9.17) is 0 Å². The molecular formula is C20H15F3N4O3S. The van der Waals surface area contributed by atoms with Gasteiger partial charge < -0.3 is 0 Å². The van der Waals surface area contributed by atoms with Gasteiger partial charge in [-0.05, 0) is 54.1 Å². The maximum absolute atomic E-state index is 12.8. The number of hydrogen-bond donors (Lipinski definition) is 2. The molecule has 0 bridgehead atoms. The van der Waals surface area contributed by atoms with E-state index in [9.17, 15) is 26.4 Å². The first-order valence-corrected chi connectivity index (χ1v) is 10.2. The minimum absolute atomic E-state index is 0.00112. The maximum atomic E-state index is 12.8. The summed E-state index contributed by atoms with van der Waals surface area (Å²) in [6, 6.07) is 12.1. The van der Waals surface area contributed by atoms with Gasteiger partial charge in [-0.3, -0.25) is 14.5 Å². The molecule has 0 aliphatic heterocycles. The summed E-state index contributed by atoms with van der Waals surface area (Å²) in [4.78, 5) is 15.8. The number of benzene rings is 2. The van der Waals surface area contributed by atoms with Crippen LogP contribution in [0.2, 0.25) is 0 Å². The topological polar surface area (TPSA) is 101 Å². The lowest BCUT2D eigenvalue weighted by Crippen LogP contribution is -2.19. The number of carbonyl (C=O) groups excluding carboxylic acids is 1. The van der Waals surface area contributed by atoms with E-state index in [0.717, 1.165) is 18.2 Å². The number of nitrogens with one attached hydrogen (secondary N) is 2. The van der Waals surface area contributed by atoms with E-state index in [1.165, 1.54) is 30.5 Å². The van der Waals surface area contributed by atoms with E-state index >= 15 is 0 Å². The molecule has 3 rings (SSSR count). The molecule has 1 amide bonds. The van der Waals surface area contributed by atoms with Crippen molar-refractivity contribution in [2.75, 3.05) is 4.72 Å². The van der Waals surface area contributed by atoms with Crippen molar-refractivity contribution in [2.45, 2.75) is 11.1 Å². The van der Waals surface area contributed by atoms with E-state index in [1.807, 2.05) is 0 Å². The Balaban J connectivity index is 1.75. The summed E-state index contributed by atoms with van der Waals surface area (Å²) in [6.45, 7) is 0. The van der Waals surface area contributed by atoms with Gasteiger partial charge in [0.25, 0.3) is 15.9 Å². The first-order chi connectivity index (χ1) is 14.6. The summed E-state index contributed by atoms with van der Waals surface area (Å²) in [5, 5.41) is 3.79. The van der Waals surface area contributed by atoms with Crippen LogP contribution in [0.3, 0.4) is 0 Å². The Kier molecular flexibility index (Phi) is 6.35. The van der Waals surface area contributed by atoms with Crippen molar-refractivity contribution in [1.82, 2.24) is 10.4 Å². The van der Waals surface area contributed by atoms with Gasteiger partial charge in [-0.25, -0.2) is 13.8 Å². The van der Waals surface area contributed by atoms with E-state index < -0.39 is 27.7 Å². The SMILES string of the molecule is O=C(N/N=C/c1ccncc1)c1cccc(S(=O)(=O)Nc2cccc(C(F)(F)F)c2)c1. The number of sulfonamides is 1. The summed E-state index contributed by atoms with van der Waals surface area (Å²) in [5.74, 6) is -0.665. The summed E-state index contributed by atoms with van der Waals surface area (Å²) >= 11 is 0. The van der Waals surface area contributed by atoms with Crippen LogP contribution in [-0.4, -0.2) is 25.5 Å². The van der Waals surface area contributed by atoms with E-state index in [0.29, 0.717) is 11.6 Å². The van der Waals surface area contributed by atoms with Gasteiger partial charge in [-0.1, -0.05) is 12.1 Å². The predicted octanol–water partition coefficient (Wildman–Crippen LogP) is 3.67. The fraction of sp³-hybridized carbons (Fsp3) is 0.0500. The van der Waals surface area contributed by atoms with Crippen molar-refractivity contribution in [3.63, 3.8) is 0 Å². The zero-order valence-corrected chi connectivity index (χ0v) is 16.5. The van der Waals surface area contributed by atoms with Crippen LogP contribution in [0.25, 0.3) is 0 Å². The van der Waals surface area contributed by atoms with Crippen molar-refractivity contribution in [3.05, 3.63) is 89.7 Å². The molecule has 0 aliphatic carbocycles. The number of amides is 1. The number of hydrogen-bond acceptors (Lipinski definition) is 5. The molecule has 3 aromatic rings. The molecule has 0 aliphatic rings. The van der Waals surface area contributed by atoms with Crippen molar-refractivity contribution in [1.29, 1.82) is 0 Å². The molecule has 0 saturated heterocycles. The number of nitrogens with zero attached hydrogens (tertiary/aromatic N) is 2. The van der Waals surface area contributed by atoms with Gasteiger partial charge in [-0.15, -0.1) is 0 Å². The minimum Gasteiger partial charge on any atom is -0.280 e. The third-order valence-electron chi connectivity index (χ3n) is 3.93. The van der Waals surface area contributed by atoms with Gasteiger partial charge in [0.2, 0.25) is 0 Å². The number of anilines is 1. The van der Waals surface area contributed by atoms with Crippen LogP contribution in [0.5, 0.6) is 0 Å². The van der Waals surface area contributed by atoms with E-state index in [2.05, 4.69) is 20.2 Å². The third kappa shape index (κ3) is 5.89. The molecular weight excluding hydrogens is 433 g/mol. The maximum Gasteiger partial charge on any atom is 0.416 e. The van der Waals surface area contributed by atoms with Gasteiger partial charge in [0, 0.05) is 23.6 Å². The first kappa shape index (κ1) is 22.0. The monoisotopic (exact) mass is 448 g/mol. The summed E-state index contributed by atoms with van der Waals surface area (Å²) < 4.78 is 65.8. The zero-order chi connectivity index (χ0) is 22.5. The van der Waals surface area contributed by atoms with Crippen molar-refractivity contribution in [3.8, 4) is 0 Å². The standard InChI is InChI=1S/C20H15F3N4O3S/c21-20(22,23)16-4-2-5-17(12-16)27-31(29,30)18-6-1-3-15(11-18)19(28)26-25-13-14-7-9-24-10-8-14/h1-13,27H,(H,26,28)/b25-13+. The second-order valence-electron chi connectivity index (χ2n) is 6.19. The molecule has 0 fully saturated rings. The van der Waals surface area contributed by atoms with Crippen LogP contribution >= 0.6 is 0 Å². The zero-order valence-electron chi connectivity index (χ0n) is 15.7. The number of halogens is 3. The molecule has 0 unspecified atom stereocenters. The van der Waals surface area contributed by atoms with Gasteiger partial charge in [0.1, 0.15) is 0 Å². The van der Waals surface area contributed by atoms with E-state index in [1.54, 1.807) is 24.5 Å². The van der Waals surface area contributed by atoms with Crippen LogP contribution in [0.1, 0.15) is 21.5 Å². The molecule has 2 aromatic carbocycles. The molecule has 160 valence electrons.